The Labute approximate surface area is 168 Å². The van der Waals surface area contributed by atoms with Gasteiger partial charge in [-0.2, -0.15) is 0 Å². The van der Waals surface area contributed by atoms with E-state index in [0.717, 1.165) is 16.5 Å². The fourth-order valence-electron chi connectivity index (χ4n) is 2.34. The molecule has 2 amide bonds. The smallest absolute Gasteiger partial charge is 0.261 e. The van der Waals surface area contributed by atoms with Gasteiger partial charge >= 0.3 is 0 Å². The van der Waals surface area contributed by atoms with E-state index in [1.54, 1.807) is 31.2 Å². The molecule has 0 saturated heterocycles. The van der Waals surface area contributed by atoms with Crippen molar-refractivity contribution in [3.8, 4) is 5.75 Å². The molecule has 2 aromatic carbocycles. The van der Waals surface area contributed by atoms with Gasteiger partial charge in [-0.05, 0) is 62.2 Å². The molecular formula is C21H25BrN2O3. The third-order valence-electron chi connectivity index (χ3n) is 4.14. The number of benzene rings is 2. The van der Waals surface area contributed by atoms with E-state index in [9.17, 15) is 9.59 Å². The summed E-state index contributed by atoms with van der Waals surface area (Å²) < 4.78 is 6.59. The highest BCUT2D eigenvalue weighted by atomic mass is 79.9. The Morgan fingerprint density at radius 1 is 1.11 bits per heavy atom. The van der Waals surface area contributed by atoms with Gasteiger partial charge < -0.3 is 15.4 Å². The van der Waals surface area contributed by atoms with Gasteiger partial charge in [0.1, 0.15) is 5.75 Å². The second-order valence-corrected chi connectivity index (χ2v) is 7.33. The molecule has 2 aromatic rings. The fourth-order valence-corrected chi connectivity index (χ4v) is 2.60. The molecule has 5 nitrogen and oxygen atoms in total. The van der Waals surface area contributed by atoms with Gasteiger partial charge in [-0.3, -0.25) is 9.59 Å². The Bertz CT molecular complexity index is 777. The molecule has 6 heteroatoms. The summed E-state index contributed by atoms with van der Waals surface area (Å²) in [5, 5.41) is 5.78. The molecule has 2 atom stereocenters. The molecule has 0 saturated carbocycles. The molecule has 0 fully saturated rings. The van der Waals surface area contributed by atoms with Crippen molar-refractivity contribution < 1.29 is 14.3 Å². The van der Waals surface area contributed by atoms with Crippen molar-refractivity contribution in [3.05, 3.63) is 64.1 Å². The van der Waals surface area contributed by atoms with Crippen LogP contribution in [0.3, 0.4) is 0 Å². The molecule has 0 radical (unpaired) electrons. The highest BCUT2D eigenvalue weighted by Crippen LogP contribution is 2.17. The van der Waals surface area contributed by atoms with Crippen LogP contribution in [-0.4, -0.2) is 24.0 Å². The SMILES string of the molecule is CCC(C)NC(=O)c1cccc(CNC(=O)C(C)Oc2ccc(Br)cc2)c1. The number of rotatable bonds is 8. The minimum atomic E-state index is -0.622. The Kier molecular flexibility index (Phi) is 7.85. The molecular weight excluding hydrogens is 408 g/mol. The maximum Gasteiger partial charge on any atom is 0.261 e. The number of hydrogen-bond acceptors (Lipinski definition) is 3. The van der Waals surface area contributed by atoms with Crippen molar-refractivity contribution in [3.63, 3.8) is 0 Å². The Hall–Kier alpha value is -2.34. The predicted molar refractivity (Wildman–Crippen MR) is 110 cm³/mol. The van der Waals surface area contributed by atoms with Crippen LogP contribution in [0.25, 0.3) is 0 Å². The zero-order valence-electron chi connectivity index (χ0n) is 15.8. The van der Waals surface area contributed by atoms with Crippen molar-refractivity contribution in [1.82, 2.24) is 10.6 Å². The quantitative estimate of drug-likeness (QED) is 0.660. The van der Waals surface area contributed by atoms with Gasteiger partial charge in [0.15, 0.2) is 6.10 Å². The first-order valence-corrected chi connectivity index (χ1v) is 9.78. The highest BCUT2D eigenvalue weighted by Gasteiger charge is 2.15. The summed E-state index contributed by atoms with van der Waals surface area (Å²) in [6.45, 7) is 6.02. The fraction of sp³-hybridized carbons (Fsp3) is 0.333. The molecule has 0 heterocycles. The number of carbonyl (C=O) groups excluding carboxylic acids is 2. The number of hydrogen-bond donors (Lipinski definition) is 2. The lowest BCUT2D eigenvalue weighted by molar-refractivity contribution is -0.127. The third kappa shape index (κ3) is 6.71. The second-order valence-electron chi connectivity index (χ2n) is 6.41. The van der Waals surface area contributed by atoms with E-state index in [-0.39, 0.29) is 17.9 Å². The molecule has 0 aliphatic rings. The molecule has 0 aliphatic carbocycles. The second kappa shape index (κ2) is 10.1. The normalized spacial score (nSPS) is 12.7. The zero-order chi connectivity index (χ0) is 19.8. The zero-order valence-corrected chi connectivity index (χ0v) is 17.4. The lowest BCUT2D eigenvalue weighted by atomic mass is 10.1. The summed E-state index contributed by atoms with van der Waals surface area (Å²) in [7, 11) is 0. The van der Waals surface area contributed by atoms with Crippen LogP contribution in [-0.2, 0) is 11.3 Å². The minimum Gasteiger partial charge on any atom is -0.481 e. The van der Waals surface area contributed by atoms with E-state index < -0.39 is 6.10 Å². The highest BCUT2D eigenvalue weighted by molar-refractivity contribution is 9.10. The van der Waals surface area contributed by atoms with E-state index in [4.69, 9.17) is 4.74 Å². The topological polar surface area (TPSA) is 67.4 Å². The van der Waals surface area contributed by atoms with Gasteiger partial charge in [-0.25, -0.2) is 0 Å². The molecule has 144 valence electrons. The van der Waals surface area contributed by atoms with Gasteiger partial charge in [0.2, 0.25) is 0 Å². The number of nitrogens with one attached hydrogen (secondary N) is 2. The van der Waals surface area contributed by atoms with E-state index in [2.05, 4.69) is 26.6 Å². The summed E-state index contributed by atoms with van der Waals surface area (Å²) in [4.78, 5) is 24.5. The monoisotopic (exact) mass is 432 g/mol. The third-order valence-corrected chi connectivity index (χ3v) is 4.67. The first kappa shape index (κ1) is 21.0. The number of ether oxygens (including phenoxy) is 1. The van der Waals surface area contributed by atoms with Crippen LogP contribution in [0.1, 0.15) is 43.1 Å². The first-order valence-electron chi connectivity index (χ1n) is 8.98. The van der Waals surface area contributed by atoms with E-state index >= 15 is 0 Å². The number of amides is 2. The van der Waals surface area contributed by atoms with Crippen LogP contribution in [0.4, 0.5) is 0 Å². The molecule has 0 aliphatic heterocycles. The predicted octanol–water partition coefficient (Wildman–Crippen LogP) is 4.06. The van der Waals surface area contributed by atoms with Crippen molar-refractivity contribution >= 4 is 27.7 Å². The standard InChI is InChI=1S/C21H25BrN2O3/c1-4-14(2)24-21(26)17-7-5-6-16(12-17)13-23-20(25)15(3)27-19-10-8-18(22)9-11-19/h5-12,14-15H,4,13H2,1-3H3,(H,23,25)(H,24,26). The lowest BCUT2D eigenvalue weighted by Gasteiger charge is -2.15. The summed E-state index contributed by atoms with van der Waals surface area (Å²) >= 11 is 3.36. The Balaban J connectivity index is 1.89. The summed E-state index contributed by atoms with van der Waals surface area (Å²) in [5.41, 5.74) is 1.44. The van der Waals surface area contributed by atoms with Crippen LogP contribution in [0.5, 0.6) is 5.75 Å². The van der Waals surface area contributed by atoms with Gasteiger partial charge in [0.25, 0.3) is 11.8 Å². The van der Waals surface area contributed by atoms with Gasteiger partial charge in [0.05, 0.1) is 0 Å². The summed E-state index contributed by atoms with van der Waals surface area (Å²) in [6, 6.07) is 14.7. The lowest BCUT2D eigenvalue weighted by Crippen LogP contribution is -2.36. The maximum atomic E-state index is 12.3. The van der Waals surface area contributed by atoms with Gasteiger partial charge in [-0.15, -0.1) is 0 Å². The van der Waals surface area contributed by atoms with E-state index in [1.807, 2.05) is 38.1 Å². The first-order chi connectivity index (χ1) is 12.9. The van der Waals surface area contributed by atoms with Gasteiger partial charge in [0, 0.05) is 22.6 Å². The Morgan fingerprint density at radius 2 is 1.81 bits per heavy atom. The molecule has 0 spiro atoms. The van der Waals surface area contributed by atoms with Crippen molar-refractivity contribution in [2.45, 2.75) is 45.9 Å². The van der Waals surface area contributed by atoms with Crippen LogP contribution >= 0.6 is 15.9 Å². The van der Waals surface area contributed by atoms with E-state index in [0.29, 0.717) is 17.9 Å². The van der Waals surface area contributed by atoms with Crippen molar-refractivity contribution in [2.24, 2.45) is 0 Å². The van der Waals surface area contributed by atoms with E-state index in [1.165, 1.54) is 0 Å². The molecule has 27 heavy (non-hydrogen) atoms. The number of halogens is 1. The molecule has 0 bridgehead atoms. The van der Waals surface area contributed by atoms with Crippen LogP contribution in [0.2, 0.25) is 0 Å². The van der Waals surface area contributed by atoms with Crippen LogP contribution in [0.15, 0.2) is 53.0 Å². The minimum absolute atomic E-state index is 0.107. The van der Waals surface area contributed by atoms with Crippen LogP contribution < -0.4 is 15.4 Å². The average Bonchev–Trinajstić information content (AvgIpc) is 2.67. The molecule has 2 unspecified atom stereocenters. The number of carbonyl (C=O) groups is 2. The Morgan fingerprint density at radius 3 is 2.48 bits per heavy atom. The molecule has 2 N–H and O–H groups in total. The summed E-state index contributed by atoms with van der Waals surface area (Å²) in [5.74, 6) is 0.307. The van der Waals surface area contributed by atoms with Crippen molar-refractivity contribution in [2.75, 3.05) is 0 Å². The van der Waals surface area contributed by atoms with Crippen LogP contribution in [0, 0.1) is 0 Å². The average molecular weight is 433 g/mol. The van der Waals surface area contributed by atoms with Crippen molar-refractivity contribution in [1.29, 1.82) is 0 Å². The molecule has 0 aromatic heterocycles. The summed E-state index contributed by atoms with van der Waals surface area (Å²) in [6.07, 6.45) is 0.251. The maximum absolute atomic E-state index is 12.3. The van der Waals surface area contributed by atoms with Gasteiger partial charge in [-0.1, -0.05) is 35.0 Å². The largest absolute Gasteiger partial charge is 0.481 e. The molecule has 2 rings (SSSR count).